The first-order chi connectivity index (χ1) is 11.9. The van der Waals surface area contributed by atoms with Crippen molar-refractivity contribution >= 4 is 29.9 Å². The van der Waals surface area contributed by atoms with Gasteiger partial charge in [-0.3, -0.25) is 4.99 Å². The molecule has 2 aliphatic rings. The van der Waals surface area contributed by atoms with Crippen LogP contribution in [-0.4, -0.2) is 60.2 Å². The topological polar surface area (TPSA) is 85.6 Å². The van der Waals surface area contributed by atoms with E-state index in [2.05, 4.69) is 30.4 Å². The number of aryl methyl sites for hydroxylation is 1. The fraction of sp³-hybridized carbons (Fsp3) is 0.812. The third-order valence-corrected chi connectivity index (χ3v) is 4.41. The summed E-state index contributed by atoms with van der Waals surface area (Å²) in [5.74, 6) is 2.85. The number of guanidine groups is 1. The van der Waals surface area contributed by atoms with E-state index in [1.165, 1.54) is 0 Å². The summed E-state index contributed by atoms with van der Waals surface area (Å²) in [6.07, 6.45) is 5.72. The van der Waals surface area contributed by atoms with Crippen LogP contribution < -0.4 is 10.6 Å². The first-order valence-corrected chi connectivity index (χ1v) is 8.91. The van der Waals surface area contributed by atoms with E-state index in [-0.39, 0.29) is 24.0 Å². The quantitative estimate of drug-likeness (QED) is 0.260. The molecular weight excluding hydrogens is 435 g/mol. The Morgan fingerprint density at radius 1 is 1.36 bits per heavy atom. The number of fused-ring (bicyclic) bond motifs is 1. The number of rotatable bonds is 8. The maximum absolute atomic E-state index is 5.66. The molecule has 3 rings (SSSR count). The van der Waals surface area contributed by atoms with Crippen LogP contribution in [0.1, 0.15) is 37.3 Å². The number of aliphatic imine (C=N–C) groups is 1. The maximum atomic E-state index is 5.66. The van der Waals surface area contributed by atoms with Gasteiger partial charge in [0.15, 0.2) is 11.8 Å². The van der Waals surface area contributed by atoms with Crippen LogP contribution >= 0.6 is 24.0 Å². The van der Waals surface area contributed by atoms with Crippen LogP contribution in [0.4, 0.5) is 0 Å². The molecule has 0 bridgehead atoms. The summed E-state index contributed by atoms with van der Waals surface area (Å²) in [6, 6.07) is 0. The minimum absolute atomic E-state index is 0. The van der Waals surface area contributed by atoms with Gasteiger partial charge in [0.2, 0.25) is 0 Å². The molecule has 0 aromatic carbocycles. The van der Waals surface area contributed by atoms with Crippen LogP contribution in [0.25, 0.3) is 0 Å². The van der Waals surface area contributed by atoms with Crippen molar-refractivity contribution in [3.63, 3.8) is 0 Å². The predicted molar refractivity (Wildman–Crippen MR) is 106 cm³/mol. The summed E-state index contributed by atoms with van der Waals surface area (Å²) in [5.41, 5.74) is 0. The first-order valence-electron chi connectivity index (χ1n) is 8.91. The average molecular weight is 464 g/mol. The molecular formula is C16H29IN6O2. The molecule has 2 N–H and O–H groups in total. The molecule has 1 fully saturated rings. The van der Waals surface area contributed by atoms with Gasteiger partial charge in [0.1, 0.15) is 5.82 Å². The molecule has 0 amide bonds. The Hall–Kier alpha value is -0.940. The highest BCUT2D eigenvalue weighted by molar-refractivity contribution is 14.0. The van der Waals surface area contributed by atoms with Crippen LogP contribution in [0.2, 0.25) is 0 Å². The zero-order valence-electron chi connectivity index (χ0n) is 14.9. The normalized spacial score (nSPS) is 19.6. The van der Waals surface area contributed by atoms with E-state index in [9.17, 15) is 0 Å². The lowest BCUT2D eigenvalue weighted by molar-refractivity contribution is 0.0168. The largest absolute Gasteiger partial charge is 0.379 e. The van der Waals surface area contributed by atoms with Crippen LogP contribution in [0.15, 0.2) is 4.99 Å². The molecule has 8 nitrogen and oxygen atoms in total. The van der Waals surface area contributed by atoms with Crippen molar-refractivity contribution in [2.24, 2.45) is 4.99 Å². The number of hydrogen-bond donors (Lipinski definition) is 2. The molecule has 1 unspecified atom stereocenters. The molecule has 2 aliphatic heterocycles. The van der Waals surface area contributed by atoms with E-state index in [1.807, 2.05) is 0 Å². The predicted octanol–water partition coefficient (Wildman–Crippen LogP) is 1.09. The van der Waals surface area contributed by atoms with E-state index in [4.69, 9.17) is 9.47 Å². The number of nitrogens with one attached hydrogen (secondary N) is 2. The van der Waals surface area contributed by atoms with Crippen molar-refractivity contribution < 1.29 is 9.47 Å². The molecule has 3 heterocycles. The van der Waals surface area contributed by atoms with E-state index in [1.54, 1.807) is 7.05 Å². The van der Waals surface area contributed by atoms with Crippen LogP contribution in [0, 0.1) is 0 Å². The fourth-order valence-corrected chi connectivity index (χ4v) is 3.10. The zero-order chi connectivity index (χ0) is 16.6. The summed E-state index contributed by atoms with van der Waals surface area (Å²) in [7, 11) is 1.78. The lowest BCUT2D eigenvalue weighted by Gasteiger charge is -2.13. The summed E-state index contributed by atoms with van der Waals surface area (Å²) < 4.78 is 13.4. The van der Waals surface area contributed by atoms with Gasteiger partial charge < -0.3 is 24.7 Å². The smallest absolute Gasteiger partial charge is 0.191 e. The van der Waals surface area contributed by atoms with Crippen LogP contribution in [0.3, 0.4) is 0 Å². The SMILES string of the molecule is CN=C(NCCCOCC1CCCO1)NCc1nnc2n1CCC2.I. The van der Waals surface area contributed by atoms with Gasteiger partial charge in [0, 0.05) is 39.8 Å². The van der Waals surface area contributed by atoms with Gasteiger partial charge >= 0.3 is 0 Å². The fourth-order valence-electron chi connectivity index (χ4n) is 3.10. The molecule has 1 atom stereocenters. The van der Waals surface area contributed by atoms with Crippen molar-refractivity contribution in [3.05, 3.63) is 11.6 Å². The number of nitrogens with zero attached hydrogens (tertiary/aromatic N) is 4. The van der Waals surface area contributed by atoms with Crippen molar-refractivity contribution in [1.29, 1.82) is 0 Å². The lowest BCUT2D eigenvalue weighted by atomic mass is 10.2. The van der Waals surface area contributed by atoms with E-state index in [0.717, 1.165) is 76.0 Å². The van der Waals surface area contributed by atoms with Crippen LogP contribution in [0.5, 0.6) is 0 Å². The Balaban J connectivity index is 0.00000225. The second kappa shape index (κ2) is 10.9. The molecule has 9 heteroatoms. The highest BCUT2D eigenvalue weighted by Crippen LogP contribution is 2.13. The summed E-state index contributed by atoms with van der Waals surface area (Å²) >= 11 is 0. The monoisotopic (exact) mass is 464 g/mol. The first kappa shape index (κ1) is 20.4. The van der Waals surface area contributed by atoms with Gasteiger partial charge in [-0.2, -0.15) is 0 Å². The van der Waals surface area contributed by atoms with Gasteiger partial charge in [-0.1, -0.05) is 0 Å². The van der Waals surface area contributed by atoms with Gasteiger partial charge in [-0.15, -0.1) is 34.2 Å². The van der Waals surface area contributed by atoms with Crippen molar-refractivity contribution in [1.82, 2.24) is 25.4 Å². The Morgan fingerprint density at radius 2 is 2.28 bits per heavy atom. The standard InChI is InChI=1S/C16H28N6O2.HI/c1-17-16(18-7-4-9-23-12-13-5-3-10-24-13)19-11-15-21-20-14-6-2-8-22(14)15;/h13H,2-12H2,1H3,(H2,17,18,19);1H. The van der Waals surface area contributed by atoms with E-state index in [0.29, 0.717) is 19.3 Å². The maximum Gasteiger partial charge on any atom is 0.191 e. The summed E-state index contributed by atoms with van der Waals surface area (Å²) in [4.78, 5) is 4.24. The Morgan fingerprint density at radius 3 is 3.08 bits per heavy atom. The molecule has 1 aromatic rings. The second-order valence-electron chi connectivity index (χ2n) is 6.20. The van der Waals surface area contributed by atoms with Crippen molar-refractivity contribution in [2.75, 3.05) is 33.4 Å². The van der Waals surface area contributed by atoms with Crippen LogP contribution in [-0.2, 0) is 29.0 Å². The van der Waals surface area contributed by atoms with E-state index < -0.39 is 0 Å². The van der Waals surface area contributed by atoms with Crippen molar-refractivity contribution in [3.8, 4) is 0 Å². The third kappa shape index (κ3) is 6.07. The Bertz CT molecular complexity index is 545. The molecule has 1 saturated heterocycles. The summed E-state index contributed by atoms with van der Waals surface area (Å²) in [5, 5.41) is 15.0. The van der Waals surface area contributed by atoms with Gasteiger partial charge in [-0.05, 0) is 25.7 Å². The lowest BCUT2D eigenvalue weighted by Crippen LogP contribution is -2.38. The van der Waals surface area contributed by atoms with E-state index >= 15 is 0 Å². The molecule has 25 heavy (non-hydrogen) atoms. The minimum atomic E-state index is 0. The highest BCUT2D eigenvalue weighted by Gasteiger charge is 2.17. The Labute approximate surface area is 166 Å². The molecule has 0 aliphatic carbocycles. The number of ether oxygens (including phenoxy) is 2. The minimum Gasteiger partial charge on any atom is -0.379 e. The van der Waals surface area contributed by atoms with Crippen molar-refractivity contribution in [2.45, 2.75) is 51.3 Å². The second-order valence-corrected chi connectivity index (χ2v) is 6.20. The Kier molecular flexibility index (Phi) is 8.90. The average Bonchev–Trinajstić information content (AvgIpc) is 3.32. The van der Waals surface area contributed by atoms with Gasteiger partial charge in [0.25, 0.3) is 0 Å². The van der Waals surface area contributed by atoms with Gasteiger partial charge in [0.05, 0.1) is 19.3 Å². The summed E-state index contributed by atoms with van der Waals surface area (Å²) in [6.45, 7) is 4.82. The van der Waals surface area contributed by atoms with Gasteiger partial charge in [-0.25, -0.2) is 0 Å². The molecule has 142 valence electrons. The molecule has 0 spiro atoms. The number of halogens is 1. The highest BCUT2D eigenvalue weighted by atomic mass is 127. The number of hydrogen-bond acceptors (Lipinski definition) is 5. The molecule has 0 radical (unpaired) electrons. The zero-order valence-corrected chi connectivity index (χ0v) is 17.2. The third-order valence-electron chi connectivity index (χ3n) is 4.41. The number of aromatic nitrogens is 3. The molecule has 0 saturated carbocycles. The molecule has 1 aromatic heterocycles.